The number of aromatic nitrogens is 2. The number of rotatable bonds is 3. The second kappa shape index (κ2) is 4.83. The van der Waals surface area contributed by atoms with Crippen molar-refractivity contribution in [1.29, 1.82) is 0 Å². The summed E-state index contributed by atoms with van der Waals surface area (Å²) in [6.45, 7) is 3.93. The van der Waals surface area contributed by atoms with Crippen LogP contribution in [0.3, 0.4) is 0 Å². The molecule has 2 amide bonds. The maximum atomic E-state index is 11.9. The molecule has 102 valence electrons. The van der Waals surface area contributed by atoms with Gasteiger partial charge in [0.25, 0.3) is 5.91 Å². The van der Waals surface area contributed by atoms with Gasteiger partial charge in [0, 0.05) is 12.6 Å². The predicted octanol–water partition coefficient (Wildman–Crippen LogP) is 0.351. The Morgan fingerprint density at radius 3 is 2.63 bits per heavy atom. The molecule has 1 aromatic rings. The monoisotopic (exact) mass is 263 g/mol. The number of imide groups is 1. The molecule has 0 radical (unpaired) electrons. The molecule has 1 unspecified atom stereocenters. The zero-order valence-electron chi connectivity index (χ0n) is 11.2. The Kier molecular flexibility index (Phi) is 3.37. The number of hydrogen-bond acceptors (Lipinski definition) is 6. The molecule has 2 rings (SSSR count). The SMILES string of the molecule is CC(C)c1c(N)ncnc1NC1CC(=O)N(C)C1=O. The van der Waals surface area contributed by atoms with Crippen molar-refractivity contribution in [3.8, 4) is 0 Å². The van der Waals surface area contributed by atoms with Gasteiger partial charge >= 0.3 is 0 Å². The van der Waals surface area contributed by atoms with Crippen LogP contribution in [0.15, 0.2) is 6.33 Å². The summed E-state index contributed by atoms with van der Waals surface area (Å²) in [6, 6.07) is -0.579. The van der Waals surface area contributed by atoms with E-state index in [0.29, 0.717) is 11.6 Å². The molecule has 0 aromatic carbocycles. The topological polar surface area (TPSA) is 101 Å². The predicted molar refractivity (Wildman–Crippen MR) is 70.3 cm³/mol. The van der Waals surface area contributed by atoms with E-state index in [2.05, 4.69) is 15.3 Å². The molecule has 1 atom stereocenters. The number of anilines is 2. The van der Waals surface area contributed by atoms with Gasteiger partial charge in [-0.15, -0.1) is 0 Å². The molecule has 7 nitrogen and oxygen atoms in total. The Morgan fingerprint density at radius 1 is 1.42 bits per heavy atom. The average molecular weight is 263 g/mol. The van der Waals surface area contributed by atoms with Crippen molar-refractivity contribution in [3.05, 3.63) is 11.9 Å². The molecule has 0 aliphatic carbocycles. The number of amides is 2. The molecule has 2 heterocycles. The fraction of sp³-hybridized carbons (Fsp3) is 0.500. The van der Waals surface area contributed by atoms with Crippen molar-refractivity contribution in [2.45, 2.75) is 32.2 Å². The quantitative estimate of drug-likeness (QED) is 0.763. The molecule has 19 heavy (non-hydrogen) atoms. The lowest BCUT2D eigenvalue weighted by atomic mass is 10.0. The largest absolute Gasteiger partial charge is 0.383 e. The van der Waals surface area contributed by atoms with Crippen molar-refractivity contribution in [2.75, 3.05) is 18.1 Å². The Hall–Kier alpha value is -2.18. The van der Waals surface area contributed by atoms with Crippen LogP contribution in [0, 0.1) is 0 Å². The van der Waals surface area contributed by atoms with E-state index < -0.39 is 6.04 Å². The molecular weight excluding hydrogens is 246 g/mol. The lowest BCUT2D eigenvalue weighted by molar-refractivity contribution is -0.136. The zero-order chi connectivity index (χ0) is 14.2. The van der Waals surface area contributed by atoms with Crippen LogP contribution >= 0.6 is 0 Å². The molecule has 0 saturated carbocycles. The third-order valence-corrected chi connectivity index (χ3v) is 3.18. The lowest BCUT2D eigenvalue weighted by Crippen LogP contribution is -2.32. The Morgan fingerprint density at radius 2 is 2.11 bits per heavy atom. The molecule has 0 bridgehead atoms. The van der Waals surface area contributed by atoms with Gasteiger partial charge in [-0.1, -0.05) is 13.8 Å². The first-order valence-corrected chi connectivity index (χ1v) is 6.09. The van der Waals surface area contributed by atoms with Crippen LogP contribution in [0.4, 0.5) is 11.6 Å². The van der Waals surface area contributed by atoms with Crippen molar-refractivity contribution in [1.82, 2.24) is 14.9 Å². The van der Waals surface area contributed by atoms with E-state index in [1.807, 2.05) is 13.8 Å². The summed E-state index contributed by atoms with van der Waals surface area (Å²) < 4.78 is 0. The number of likely N-dealkylation sites (tertiary alicyclic amines) is 1. The zero-order valence-corrected chi connectivity index (χ0v) is 11.2. The second-order valence-corrected chi connectivity index (χ2v) is 4.87. The summed E-state index contributed by atoms with van der Waals surface area (Å²) in [5.41, 5.74) is 6.59. The van der Waals surface area contributed by atoms with Crippen molar-refractivity contribution in [2.24, 2.45) is 0 Å². The number of likely N-dealkylation sites (N-methyl/N-ethyl adjacent to an activating group) is 1. The van der Waals surface area contributed by atoms with Crippen LogP contribution < -0.4 is 11.1 Å². The number of nitrogens with one attached hydrogen (secondary N) is 1. The van der Waals surface area contributed by atoms with Gasteiger partial charge < -0.3 is 11.1 Å². The van der Waals surface area contributed by atoms with E-state index in [0.717, 1.165) is 10.5 Å². The minimum absolute atomic E-state index is 0.119. The van der Waals surface area contributed by atoms with Crippen molar-refractivity contribution >= 4 is 23.5 Å². The first-order chi connectivity index (χ1) is 8.91. The number of carbonyl (C=O) groups is 2. The van der Waals surface area contributed by atoms with E-state index in [-0.39, 0.29) is 24.2 Å². The van der Waals surface area contributed by atoms with Gasteiger partial charge in [-0.05, 0) is 5.92 Å². The molecule has 1 aromatic heterocycles. The second-order valence-electron chi connectivity index (χ2n) is 4.87. The normalized spacial score (nSPS) is 19.4. The minimum atomic E-state index is -0.579. The third-order valence-electron chi connectivity index (χ3n) is 3.18. The van der Waals surface area contributed by atoms with Crippen LogP contribution in [0.25, 0.3) is 0 Å². The van der Waals surface area contributed by atoms with Gasteiger partial charge in [-0.3, -0.25) is 14.5 Å². The first-order valence-electron chi connectivity index (χ1n) is 6.09. The molecule has 3 N–H and O–H groups in total. The minimum Gasteiger partial charge on any atom is -0.383 e. The maximum Gasteiger partial charge on any atom is 0.251 e. The Balaban J connectivity index is 2.28. The number of nitrogens with zero attached hydrogens (tertiary/aromatic N) is 3. The average Bonchev–Trinajstić information content (AvgIpc) is 2.57. The maximum absolute atomic E-state index is 11.9. The highest BCUT2D eigenvalue weighted by Gasteiger charge is 2.36. The summed E-state index contributed by atoms with van der Waals surface area (Å²) >= 11 is 0. The van der Waals surface area contributed by atoms with Gasteiger partial charge in [0.15, 0.2) is 0 Å². The fourth-order valence-electron chi connectivity index (χ4n) is 2.13. The lowest BCUT2D eigenvalue weighted by Gasteiger charge is -2.17. The fourth-order valence-corrected chi connectivity index (χ4v) is 2.13. The van der Waals surface area contributed by atoms with Gasteiger partial charge in [-0.25, -0.2) is 9.97 Å². The number of nitrogen functional groups attached to an aromatic ring is 1. The molecule has 1 saturated heterocycles. The molecular formula is C12H17N5O2. The molecule has 0 spiro atoms. The van der Waals surface area contributed by atoms with Crippen LogP contribution in [-0.2, 0) is 9.59 Å². The summed E-state index contributed by atoms with van der Waals surface area (Å²) in [6.07, 6.45) is 1.48. The Labute approximate surface area is 111 Å². The number of nitrogens with two attached hydrogens (primary N) is 1. The highest BCUT2D eigenvalue weighted by Crippen LogP contribution is 2.28. The highest BCUT2D eigenvalue weighted by atomic mass is 16.2. The summed E-state index contributed by atoms with van der Waals surface area (Å²) in [4.78, 5) is 32.5. The van der Waals surface area contributed by atoms with Crippen molar-refractivity contribution < 1.29 is 9.59 Å². The number of hydrogen-bond donors (Lipinski definition) is 2. The third kappa shape index (κ3) is 2.35. The van der Waals surface area contributed by atoms with E-state index in [9.17, 15) is 9.59 Å². The highest BCUT2D eigenvalue weighted by molar-refractivity contribution is 6.06. The first kappa shape index (κ1) is 13.3. The number of carbonyl (C=O) groups excluding carboxylic acids is 2. The molecule has 1 aliphatic heterocycles. The van der Waals surface area contributed by atoms with Crippen LogP contribution in [0.2, 0.25) is 0 Å². The van der Waals surface area contributed by atoms with Crippen molar-refractivity contribution in [3.63, 3.8) is 0 Å². The molecule has 1 aliphatic rings. The summed E-state index contributed by atoms with van der Waals surface area (Å²) in [5.74, 6) is 0.572. The van der Waals surface area contributed by atoms with Crippen LogP contribution in [0.1, 0.15) is 31.7 Å². The molecule has 7 heteroatoms. The Bertz CT molecular complexity index is 529. The van der Waals surface area contributed by atoms with Gasteiger partial charge in [0.1, 0.15) is 24.0 Å². The van der Waals surface area contributed by atoms with E-state index in [1.54, 1.807) is 0 Å². The van der Waals surface area contributed by atoms with E-state index in [4.69, 9.17) is 5.73 Å². The van der Waals surface area contributed by atoms with Crippen LogP contribution in [-0.4, -0.2) is 39.8 Å². The van der Waals surface area contributed by atoms with E-state index in [1.165, 1.54) is 13.4 Å². The summed E-state index contributed by atoms with van der Waals surface area (Å²) in [5, 5.41) is 3.00. The summed E-state index contributed by atoms with van der Waals surface area (Å²) in [7, 11) is 1.48. The smallest absolute Gasteiger partial charge is 0.251 e. The molecule has 1 fully saturated rings. The van der Waals surface area contributed by atoms with Crippen LogP contribution in [0.5, 0.6) is 0 Å². The van der Waals surface area contributed by atoms with Gasteiger partial charge in [-0.2, -0.15) is 0 Å². The van der Waals surface area contributed by atoms with E-state index >= 15 is 0 Å². The van der Waals surface area contributed by atoms with Gasteiger partial charge in [0.05, 0.1) is 6.42 Å². The van der Waals surface area contributed by atoms with Gasteiger partial charge in [0.2, 0.25) is 5.91 Å². The standard InChI is InChI=1S/C12H17N5O2/c1-6(2)9-10(13)14-5-15-11(9)16-7-4-8(18)17(3)12(7)19/h5-7H,4H2,1-3H3,(H3,13,14,15,16).